The summed E-state index contributed by atoms with van der Waals surface area (Å²) < 4.78 is 0. The highest BCUT2D eigenvalue weighted by Gasteiger charge is 2.36. The maximum absolute atomic E-state index is 11.8. The summed E-state index contributed by atoms with van der Waals surface area (Å²) >= 11 is 0. The first-order chi connectivity index (χ1) is 7.75. The van der Waals surface area contributed by atoms with Crippen molar-refractivity contribution in [2.24, 2.45) is 5.41 Å². The van der Waals surface area contributed by atoms with Gasteiger partial charge in [0.1, 0.15) is 5.41 Å². The Bertz CT molecular complexity index is 464. The van der Waals surface area contributed by atoms with Crippen molar-refractivity contribution >= 4 is 17.6 Å². The van der Waals surface area contributed by atoms with Gasteiger partial charge in [-0.25, -0.2) is 0 Å². The molecule has 0 heterocycles. The molecule has 0 bridgehead atoms. The van der Waals surface area contributed by atoms with Crippen molar-refractivity contribution in [3.63, 3.8) is 0 Å². The molecule has 0 aliphatic heterocycles. The molecule has 0 aliphatic carbocycles. The molecule has 1 aromatic carbocycles. The van der Waals surface area contributed by atoms with Gasteiger partial charge >= 0.3 is 5.97 Å². The second-order valence-corrected chi connectivity index (χ2v) is 4.70. The van der Waals surface area contributed by atoms with Crippen LogP contribution in [0, 0.1) is 19.3 Å². The van der Waals surface area contributed by atoms with E-state index in [1.165, 1.54) is 13.8 Å². The van der Waals surface area contributed by atoms with E-state index in [1.807, 2.05) is 32.0 Å². The molecule has 1 aromatic rings. The molecule has 2 N–H and O–H groups in total. The lowest BCUT2D eigenvalue weighted by Crippen LogP contribution is -2.38. The highest BCUT2D eigenvalue weighted by molar-refractivity contribution is 6.07. The number of amides is 1. The minimum atomic E-state index is -1.43. The number of carboxylic acids is 1. The zero-order valence-corrected chi connectivity index (χ0v) is 10.5. The topological polar surface area (TPSA) is 66.4 Å². The van der Waals surface area contributed by atoms with Crippen LogP contribution in [0.1, 0.15) is 25.0 Å². The molecule has 0 saturated heterocycles. The van der Waals surface area contributed by atoms with Crippen molar-refractivity contribution in [3.8, 4) is 0 Å². The number of hydrogen-bond donors (Lipinski definition) is 2. The quantitative estimate of drug-likeness (QED) is 0.790. The van der Waals surface area contributed by atoms with Crippen molar-refractivity contribution in [3.05, 3.63) is 29.3 Å². The Labute approximate surface area is 101 Å². The van der Waals surface area contributed by atoms with Gasteiger partial charge in [-0.2, -0.15) is 0 Å². The molecule has 17 heavy (non-hydrogen) atoms. The second-order valence-electron chi connectivity index (χ2n) is 4.70. The fraction of sp³-hybridized carbons (Fsp3) is 0.385. The Morgan fingerprint density at radius 2 is 1.82 bits per heavy atom. The van der Waals surface area contributed by atoms with Gasteiger partial charge in [0.05, 0.1) is 0 Å². The molecular formula is C13H17NO3. The van der Waals surface area contributed by atoms with Crippen LogP contribution < -0.4 is 5.32 Å². The zero-order chi connectivity index (χ0) is 13.2. The van der Waals surface area contributed by atoms with Crippen LogP contribution in [0.2, 0.25) is 0 Å². The number of benzene rings is 1. The zero-order valence-electron chi connectivity index (χ0n) is 10.5. The summed E-state index contributed by atoms with van der Waals surface area (Å²) in [5, 5.41) is 11.6. The number of carbonyl (C=O) groups is 2. The third-order valence-corrected chi connectivity index (χ3v) is 2.74. The van der Waals surface area contributed by atoms with Crippen LogP contribution in [0.3, 0.4) is 0 Å². The average Bonchev–Trinajstić information content (AvgIpc) is 2.23. The fourth-order valence-electron chi connectivity index (χ4n) is 1.25. The summed E-state index contributed by atoms with van der Waals surface area (Å²) in [5.41, 5.74) is 1.14. The van der Waals surface area contributed by atoms with Gasteiger partial charge in [0.2, 0.25) is 5.91 Å². The van der Waals surface area contributed by atoms with Crippen LogP contribution in [0.15, 0.2) is 18.2 Å². The molecule has 0 radical (unpaired) electrons. The first-order valence-electron chi connectivity index (χ1n) is 5.37. The summed E-state index contributed by atoms with van der Waals surface area (Å²) in [6.07, 6.45) is 0. The maximum atomic E-state index is 11.8. The van der Waals surface area contributed by atoms with E-state index in [4.69, 9.17) is 5.11 Å². The molecule has 0 unspecified atom stereocenters. The molecule has 1 rings (SSSR count). The largest absolute Gasteiger partial charge is 0.480 e. The van der Waals surface area contributed by atoms with Crippen molar-refractivity contribution < 1.29 is 14.7 Å². The normalized spacial score (nSPS) is 11.1. The SMILES string of the molecule is Cc1ccc(C)c(NC(=O)C(C)(C)C(=O)O)c1. The first kappa shape index (κ1) is 13.2. The highest BCUT2D eigenvalue weighted by atomic mass is 16.4. The monoisotopic (exact) mass is 235 g/mol. The van der Waals surface area contributed by atoms with Gasteiger partial charge in [0, 0.05) is 5.69 Å². The van der Waals surface area contributed by atoms with Crippen molar-refractivity contribution in [2.45, 2.75) is 27.7 Å². The van der Waals surface area contributed by atoms with E-state index >= 15 is 0 Å². The van der Waals surface area contributed by atoms with Gasteiger partial charge in [0.25, 0.3) is 0 Å². The molecule has 0 aromatic heterocycles. The van der Waals surface area contributed by atoms with Crippen LogP contribution in [0.25, 0.3) is 0 Å². The molecule has 0 aliphatic rings. The number of nitrogens with one attached hydrogen (secondary N) is 1. The van der Waals surface area contributed by atoms with Crippen LogP contribution >= 0.6 is 0 Å². The van der Waals surface area contributed by atoms with Gasteiger partial charge in [-0.05, 0) is 44.9 Å². The van der Waals surface area contributed by atoms with Crippen molar-refractivity contribution in [1.82, 2.24) is 0 Å². The predicted molar refractivity (Wildman–Crippen MR) is 66.0 cm³/mol. The van der Waals surface area contributed by atoms with Gasteiger partial charge in [-0.3, -0.25) is 9.59 Å². The molecule has 0 fully saturated rings. The van der Waals surface area contributed by atoms with Crippen LogP contribution in [-0.4, -0.2) is 17.0 Å². The van der Waals surface area contributed by atoms with E-state index < -0.39 is 17.3 Å². The molecule has 0 saturated carbocycles. The summed E-state index contributed by atoms with van der Waals surface area (Å²) in [6, 6.07) is 5.65. The lowest BCUT2D eigenvalue weighted by atomic mass is 9.92. The summed E-state index contributed by atoms with van der Waals surface area (Å²) in [6.45, 7) is 6.55. The number of anilines is 1. The number of hydrogen-bond acceptors (Lipinski definition) is 2. The van der Waals surface area contributed by atoms with Gasteiger partial charge in [-0.15, -0.1) is 0 Å². The van der Waals surface area contributed by atoms with Gasteiger partial charge < -0.3 is 10.4 Å². The molecule has 4 nitrogen and oxygen atoms in total. The molecule has 0 atom stereocenters. The standard InChI is InChI=1S/C13H17NO3/c1-8-5-6-9(2)10(7-8)14-11(15)13(3,4)12(16)17/h5-7H,1-4H3,(H,14,15)(H,16,17). The average molecular weight is 235 g/mol. The fourth-order valence-corrected chi connectivity index (χ4v) is 1.25. The Morgan fingerprint density at radius 3 is 2.35 bits per heavy atom. The van der Waals surface area contributed by atoms with E-state index in [1.54, 1.807) is 0 Å². The smallest absolute Gasteiger partial charge is 0.318 e. The van der Waals surface area contributed by atoms with Crippen molar-refractivity contribution in [2.75, 3.05) is 5.32 Å². The Kier molecular flexibility index (Phi) is 3.56. The third-order valence-electron chi connectivity index (χ3n) is 2.74. The lowest BCUT2D eigenvalue weighted by molar-refractivity contribution is -0.151. The van der Waals surface area contributed by atoms with Crippen LogP contribution in [0.4, 0.5) is 5.69 Å². The summed E-state index contributed by atoms with van der Waals surface area (Å²) in [5.74, 6) is -1.65. The maximum Gasteiger partial charge on any atom is 0.318 e. The van der Waals surface area contributed by atoms with E-state index in [0.29, 0.717) is 5.69 Å². The van der Waals surface area contributed by atoms with Crippen LogP contribution in [0.5, 0.6) is 0 Å². The number of carboxylic acid groups (broad SMARTS) is 1. The van der Waals surface area contributed by atoms with E-state index in [9.17, 15) is 9.59 Å². The predicted octanol–water partition coefficient (Wildman–Crippen LogP) is 2.35. The lowest BCUT2D eigenvalue weighted by Gasteiger charge is -2.19. The molecule has 92 valence electrons. The van der Waals surface area contributed by atoms with E-state index in [2.05, 4.69) is 5.32 Å². The summed E-state index contributed by atoms with van der Waals surface area (Å²) in [4.78, 5) is 22.8. The van der Waals surface area contributed by atoms with Crippen LogP contribution in [-0.2, 0) is 9.59 Å². The Hall–Kier alpha value is -1.84. The molecule has 1 amide bonds. The third kappa shape index (κ3) is 2.84. The number of aliphatic carboxylic acids is 1. The van der Waals surface area contributed by atoms with E-state index in [0.717, 1.165) is 11.1 Å². The number of carbonyl (C=O) groups excluding carboxylic acids is 1. The second kappa shape index (κ2) is 4.57. The Balaban J connectivity index is 2.96. The van der Waals surface area contributed by atoms with Gasteiger partial charge in [-0.1, -0.05) is 12.1 Å². The molecular weight excluding hydrogens is 218 g/mol. The van der Waals surface area contributed by atoms with Gasteiger partial charge in [0.15, 0.2) is 0 Å². The number of aryl methyl sites for hydroxylation is 2. The molecule has 4 heteroatoms. The molecule has 0 spiro atoms. The Morgan fingerprint density at radius 1 is 1.24 bits per heavy atom. The highest BCUT2D eigenvalue weighted by Crippen LogP contribution is 2.22. The van der Waals surface area contributed by atoms with Crippen molar-refractivity contribution in [1.29, 1.82) is 0 Å². The summed E-state index contributed by atoms with van der Waals surface area (Å²) in [7, 11) is 0. The van der Waals surface area contributed by atoms with E-state index in [-0.39, 0.29) is 0 Å². The number of rotatable bonds is 3. The minimum Gasteiger partial charge on any atom is -0.480 e. The first-order valence-corrected chi connectivity index (χ1v) is 5.37. The minimum absolute atomic E-state index is 0.515.